The van der Waals surface area contributed by atoms with Gasteiger partial charge >= 0.3 is 0 Å². The summed E-state index contributed by atoms with van der Waals surface area (Å²) < 4.78 is 2.84. The Balaban J connectivity index is 2.23. The van der Waals surface area contributed by atoms with Crippen LogP contribution >= 0.6 is 22.9 Å². The van der Waals surface area contributed by atoms with Crippen molar-refractivity contribution in [3.8, 4) is 0 Å². The number of carbonyl (C=O) groups excluding carboxylic acids is 1. The van der Waals surface area contributed by atoms with Gasteiger partial charge in [0.25, 0.3) is 11.6 Å². The lowest BCUT2D eigenvalue weighted by Gasteiger charge is -2.04. The number of amides is 1. The zero-order valence-electron chi connectivity index (χ0n) is 13.8. The number of halogens is 1. The molecule has 0 aliphatic carbocycles. The third-order valence-corrected chi connectivity index (χ3v) is 5.08. The van der Waals surface area contributed by atoms with Gasteiger partial charge in [0, 0.05) is 17.6 Å². The topological polar surface area (TPSA) is 77.5 Å². The predicted molar refractivity (Wildman–Crippen MR) is 103 cm³/mol. The Morgan fingerprint density at radius 2 is 2.19 bits per heavy atom. The van der Waals surface area contributed by atoms with Crippen molar-refractivity contribution < 1.29 is 9.72 Å². The first kappa shape index (κ1) is 18.0. The molecule has 8 heteroatoms. The summed E-state index contributed by atoms with van der Waals surface area (Å²) in [5.74, 6) is -0.707. The van der Waals surface area contributed by atoms with E-state index in [1.165, 1.54) is 29.5 Å². The van der Waals surface area contributed by atoms with E-state index in [-0.39, 0.29) is 16.3 Å². The second kappa shape index (κ2) is 7.23. The van der Waals surface area contributed by atoms with E-state index >= 15 is 0 Å². The Kier molecular flexibility index (Phi) is 5.01. The van der Waals surface area contributed by atoms with Gasteiger partial charge in [-0.1, -0.05) is 41.1 Å². The number of para-hydroxylation sites is 1. The number of rotatable bonds is 4. The van der Waals surface area contributed by atoms with Crippen LogP contribution in [0.3, 0.4) is 0 Å². The summed E-state index contributed by atoms with van der Waals surface area (Å²) >= 11 is 7.25. The lowest BCUT2D eigenvalue weighted by molar-refractivity contribution is -0.385. The van der Waals surface area contributed by atoms with Crippen molar-refractivity contribution >= 4 is 44.7 Å². The monoisotopic (exact) mass is 387 g/mol. The number of allylic oxidation sites excluding steroid dienone is 1. The summed E-state index contributed by atoms with van der Waals surface area (Å²) in [6, 6.07) is 9.69. The van der Waals surface area contributed by atoms with Gasteiger partial charge in [0.2, 0.25) is 0 Å². The summed E-state index contributed by atoms with van der Waals surface area (Å²) in [6.45, 7) is 6.19. The third kappa shape index (κ3) is 3.31. The quantitative estimate of drug-likeness (QED) is 0.375. The summed E-state index contributed by atoms with van der Waals surface area (Å²) in [7, 11) is 0. The Morgan fingerprint density at radius 1 is 1.42 bits per heavy atom. The van der Waals surface area contributed by atoms with Crippen molar-refractivity contribution in [2.75, 3.05) is 0 Å². The van der Waals surface area contributed by atoms with Gasteiger partial charge in [-0.25, -0.2) is 0 Å². The minimum Gasteiger partial charge on any atom is -0.312 e. The van der Waals surface area contributed by atoms with Crippen molar-refractivity contribution in [3.63, 3.8) is 0 Å². The molecule has 0 spiro atoms. The number of nitrogens with zero attached hydrogens (tertiary/aromatic N) is 3. The maximum absolute atomic E-state index is 12.6. The fraction of sp³-hybridized carbons (Fsp3) is 0.111. The average Bonchev–Trinajstić information content (AvgIpc) is 2.93. The molecule has 0 atom stereocenters. The highest BCUT2D eigenvalue weighted by molar-refractivity contribution is 7.16. The maximum atomic E-state index is 12.6. The summed E-state index contributed by atoms with van der Waals surface area (Å²) in [5.41, 5.74) is 1.55. The van der Waals surface area contributed by atoms with Gasteiger partial charge in [-0.05, 0) is 30.7 Å². The number of hydrogen-bond donors (Lipinski definition) is 0. The smallest absolute Gasteiger partial charge is 0.286 e. The Morgan fingerprint density at radius 3 is 2.88 bits per heavy atom. The molecule has 6 nitrogen and oxygen atoms in total. The van der Waals surface area contributed by atoms with Crippen LogP contribution < -0.4 is 4.80 Å². The van der Waals surface area contributed by atoms with Gasteiger partial charge in [0.05, 0.1) is 15.1 Å². The zero-order chi connectivity index (χ0) is 18.8. The molecule has 0 bridgehead atoms. The van der Waals surface area contributed by atoms with Gasteiger partial charge in [0.1, 0.15) is 5.56 Å². The van der Waals surface area contributed by atoms with Gasteiger partial charge < -0.3 is 4.57 Å². The van der Waals surface area contributed by atoms with Crippen LogP contribution in [-0.2, 0) is 6.54 Å². The molecule has 0 saturated heterocycles. The number of benzene rings is 2. The SMILES string of the molecule is C=CCn1c(=NC(=O)c2cc(Cl)ccc2[N+](=O)[O-])sc2cccc(C)c21. The number of nitro groups is 1. The average molecular weight is 388 g/mol. The van der Waals surface area contributed by atoms with Crippen LogP contribution in [0.5, 0.6) is 0 Å². The van der Waals surface area contributed by atoms with Crippen molar-refractivity contribution in [1.29, 1.82) is 0 Å². The van der Waals surface area contributed by atoms with Crippen molar-refractivity contribution in [2.24, 2.45) is 4.99 Å². The molecule has 132 valence electrons. The number of fused-ring (bicyclic) bond motifs is 1. The van der Waals surface area contributed by atoms with E-state index in [1.54, 1.807) is 6.08 Å². The van der Waals surface area contributed by atoms with Crippen molar-refractivity contribution in [3.05, 3.63) is 80.1 Å². The van der Waals surface area contributed by atoms with E-state index in [0.717, 1.165) is 15.8 Å². The van der Waals surface area contributed by atoms with E-state index in [4.69, 9.17) is 11.6 Å². The highest BCUT2D eigenvalue weighted by Gasteiger charge is 2.20. The largest absolute Gasteiger partial charge is 0.312 e. The van der Waals surface area contributed by atoms with Crippen LogP contribution in [0.2, 0.25) is 5.02 Å². The first-order valence-corrected chi connectivity index (χ1v) is 8.84. The highest BCUT2D eigenvalue weighted by Crippen LogP contribution is 2.24. The predicted octanol–water partition coefficient (Wildman–Crippen LogP) is 4.50. The minimum atomic E-state index is -0.707. The molecular formula is C18H14ClN3O3S. The second-order valence-corrected chi connectivity index (χ2v) is 6.99. The summed E-state index contributed by atoms with van der Waals surface area (Å²) in [6.07, 6.45) is 1.71. The number of nitro benzene ring substituents is 1. The molecule has 0 aliphatic heterocycles. The zero-order valence-corrected chi connectivity index (χ0v) is 15.4. The molecule has 0 radical (unpaired) electrons. The van der Waals surface area contributed by atoms with Crippen LogP contribution in [0.15, 0.2) is 54.0 Å². The molecule has 0 N–H and O–H groups in total. The number of carbonyl (C=O) groups is 1. The minimum absolute atomic E-state index is 0.137. The van der Waals surface area contributed by atoms with E-state index < -0.39 is 10.8 Å². The highest BCUT2D eigenvalue weighted by atomic mass is 35.5. The molecule has 1 aromatic heterocycles. The Labute approximate surface area is 157 Å². The van der Waals surface area contributed by atoms with Crippen LogP contribution in [-0.4, -0.2) is 15.4 Å². The van der Waals surface area contributed by atoms with Gasteiger partial charge in [-0.2, -0.15) is 4.99 Å². The molecule has 0 saturated carbocycles. The van der Waals surface area contributed by atoms with E-state index in [1.807, 2.05) is 29.7 Å². The van der Waals surface area contributed by atoms with Crippen molar-refractivity contribution in [2.45, 2.75) is 13.5 Å². The van der Waals surface area contributed by atoms with Gasteiger partial charge in [0.15, 0.2) is 4.80 Å². The van der Waals surface area contributed by atoms with E-state index in [0.29, 0.717) is 11.3 Å². The number of aromatic nitrogens is 1. The normalized spacial score (nSPS) is 11.7. The number of aryl methyl sites for hydroxylation is 1. The molecule has 1 heterocycles. The first-order chi connectivity index (χ1) is 12.4. The van der Waals surface area contributed by atoms with Crippen LogP contribution in [0.25, 0.3) is 10.2 Å². The lowest BCUT2D eigenvalue weighted by Crippen LogP contribution is -2.17. The van der Waals surface area contributed by atoms with Crippen LogP contribution in [0.1, 0.15) is 15.9 Å². The second-order valence-electron chi connectivity index (χ2n) is 5.54. The van der Waals surface area contributed by atoms with Crippen LogP contribution in [0.4, 0.5) is 5.69 Å². The fourth-order valence-corrected chi connectivity index (χ4v) is 3.96. The first-order valence-electron chi connectivity index (χ1n) is 7.65. The van der Waals surface area contributed by atoms with Crippen LogP contribution in [0, 0.1) is 17.0 Å². The lowest BCUT2D eigenvalue weighted by atomic mass is 10.2. The summed E-state index contributed by atoms with van der Waals surface area (Å²) in [5, 5.41) is 11.4. The van der Waals surface area contributed by atoms with E-state index in [2.05, 4.69) is 11.6 Å². The standard InChI is InChI=1S/C18H14ClN3O3S/c1-3-9-21-16-11(2)5-4-6-15(16)26-18(21)20-17(23)13-10-12(19)7-8-14(13)22(24)25/h3-8,10H,1,9H2,2H3. The van der Waals surface area contributed by atoms with E-state index in [9.17, 15) is 14.9 Å². The fourth-order valence-electron chi connectivity index (χ4n) is 2.68. The molecule has 3 aromatic rings. The maximum Gasteiger partial charge on any atom is 0.286 e. The van der Waals surface area contributed by atoms with Crippen molar-refractivity contribution in [1.82, 2.24) is 4.57 Å². The number of hydrogen-bond acceptors (Lipinski definition) is 4. The Hall–Kier alpha value is -2.77. The molecule has 26 heavy (non-hydrogen) atoms. The molecule has 0 fully saturated rings. The van der Waals surface area contributed by atoms with Gasteiger partial charge in [-0.3, -0.25) is 14.9 Å². The van der Waals surface area contributed by atoms with Gasteiger partial charge in [-0.15, -0.1) is 6.58 Å². The summed E-state index contributed by atoms with van der Waals surface area (Å²) in [4.78, 5) is 27.8. The third-order valence-electron chi connectivity index (χ3n) is 3.80. The molecule has 1 amide bonds. The molecule has 0 unspecified atom stereocenters. The molecular weight excluding hydrogens is 374 g/mol. The molecule has 3 rings (SSSR count). The molecule has 2 aromatic carbocycles. The Bertz CT molecular complexity index is 1110. The molecule has 0 aliphatic rings. The number of thiazole rings is 1.